The summed E-state index contributed by atoms with van der Waals surface area (Å²) in [6.07, 6.45) is 1.46. The number of hydrogen-bond acceptors (Lipinski definition) is 6. The molecule has 8 nitrogen and oxygen atoms in total. The highest BCUT2D eigenvalue weighted by molar-refractivity contribution is 7.89. The first-order chi connectivity index (χ1) is 16.8. The number of benzene rings is 2. The summed E-state index contributed by atoms with van der Waals surface area (Å²) in [5.74, 6) is 0.112. The number of fused-ring (bicyclic) bond motifs is 1. The van der Waals surface area contributed by atoms with Crippen LogP contribution in [0.25, 0.3) is 16.5 Å². The minimum atomic E-state index is -3.76. The average Bonchev–Trinajstić information content (AvgIpc) is 2.85. The molecule has 0 fully saturated rings. The maximum Gasteiger partial charge on any atom is 0.265 e. The average molecular weight is 491 g/mol. The summed E-state index contributed by atoms with van der Waals surface area (Å²) in [6.45, 7) is 6.01. The maximum absolute atomic E-state index is 13.4. The van der Waals surface area contributed by atoms with Crippen LogP contribution in [0.3, 0.4) is 0 Å². The lowest BCUT2D eigenvalue weighted by Crippen LogP contribution is -2.30. The zero-order valence-corrected chi connectivity index (χ0v) is 20.5. The van der Waals surface area contributed by atoms with Crippen molar-refractivity contribution in [2.45, 2.75) is 25.7 Å². The summed E-state index contributed by atoms with van der Waals surface area (Å²) in [5.41, 5.74) is 0.876. The summed E-state index contributed by atoms with van der Waals surface area (Å²) >= 11 is 0. The Morgan fingerprint density at radius 1 is 1.00 bits per heavy atom. The van der Waals surface area contributed by atoms with Crippen LogP contribution < -0.4 is 5.56 Å². The van der Waals surface area contributed by atoms with Crippen molar-refractivity contribution in [3.05, 3.63) is 88.3 Å². The van der Waals surface area contributed by atoms with Gasteiger partial charge < -0.3 is 5.11 Å². The maximum atomic E-state index is 13.4. The third-order valence-corrected chi connectivity index (χ3v) is 7.77. The van der Waals surface area contributed by atoms with Crippen LogP contribution in [0.4, 0.5) is 5.82 Å². The van der Waals surface area contributed by atoms with Gasteiger partial charge in [0.2, 0.25) is 15.9 Å². The molecule has 4 aromatic rings. The molecule has 35 heavy (non-hydrogen) atoms. The van der Waals surface area contributed by atoms with Gasteiger partial charge in [0.05, 0.1) is 16.1 Å². The number of rotatable bonds is 7. The normalized spacial score (nSPS) is 12.1. The monoisotopic (exact) mass is 490 g/mol. The Hall–Kier alpha value is -3.82. The van der Waals surface area contributed by atoms with E-state index in [1.54, 1.807) is 56.3 Å². The summed E-state index contributed by atoms with van der Waals surface area (Å²) in [6, 6.07) is 18.3. The van der Waals surface area contributed by atoms with Gasteiger partial charge in [0.1, 0.15) is 0 Å². The predicted octanol–water partition coefficient (Wildman–Crippen LogP) is 4.18. The zero-order chi connectivity index (χ0) is 25.2. The molecular weight excluding hydrogens is 464 g/mol. The summed E-state index contributed by atoms with van der Waals surface area (Å²) in [4.78, 5) is 22.2. The van der Waals surface area contributed by atoms with Crippen molar-refractivity contribution < 1.29 is 13.5 Å². The van der Waals surface area contributed by atoms with Crippen LogP contribution in [0.2, 0.25) is 0 Å². The Bertz CT molecular complexity index is 1590. The minimum Gasteiger partial charge on any atom is -0.494 e. The van der Waals surface area contributed by atoms with Crippen molar-refractivity contribution in [1.29, 1.82) is 0 Å². The zero-order valence-electron chi connectivity index (χ0n) is 19.7. The van der Waals surface area contributed by atoms with E-state index in [1.807, 2.05) is 19.1 Å². The van der Waals surface area contributed by atoms with Crippen LogP contribution in [0.1, 0.15) is 25.1 Å². The Morgan fingerprint density at radius 2 is 1.69 bits per heavy atom. The molecule has 0 atom stereocenters. The van der Waals surface area contributed by atoms with Gasteiger partial charge in [0, 0.05) is 35.8 Å². The van der Waals surface area contributed by atoms with Gasteiger partial charge in [0.25, 0.3) is 5.56 Å². The van der Waals surface area contributed by atoms with Crippen LogP contribution in [0, 0.1) is 6.92 Å². The van der Waals surface area contributed by atoms with Gasteiger partial charge in [-0.15, -0.1) is 0 Å². The van der Waals surface area contributed by atoms with Crippen molar-refractivity contribution >= 4 is 32.8 Å². The molecule has 1 N–H and O–H groups in total. The molecule has 180 valence electrons. The van der Waals surface area contributed by atoms with E-state index in [4.69, 9.17) is 0 Å². The highest BCUT2D eigenvalue weighted by Crippen LogP contribution is 2.28. The fraction of sp³-hybridized carbons (Fsp3) is 0.192. The first-order valence-corrected chi connectivity index (χ1v) is 12.7. The Kier molecular flexibility index (Phi) is 6.81. The van der Waals surface area contributed by atoms with Crippen LogP contribution in [0.15, 0.2) is 81.4 Å². The topological polar surface area (TPSA) is 105 Å². The minimum absolute atomic E-state index is 0.0392. The number of aromatic hydroxyl groups is 1. The quantitative estimate of drug-likeness (QED) is 0.391. The molecule has 0 amide bonds. The number of hydrogen-bond donors (Lipinski definition) is 1. The van der Waals surface area contributed by atoms with E-state index < -0.39 is 15.6 Å². The molecule has 0 radical (unpaired) electrons. The number of sulfonamides is 1. The number of aryl methyl sites for hydroxylation is 1. The number of nitrogens with zero attached hydrogens (tertiary/aromatic N) is 4. The lowest BCUT2D eigenvalue weighted by atomic mass is 10.1. The second-order valence-corrected chi connectivity index (χ2v) is 9.84. The van der Waals surface area contributed by atoms with E-state index in [-0.39, 0.29) is 16.5 Å². The molecule has 2 heterocycles. The molecule has 0 spiro atoms. The van der Waals surface area contributed by atoms with E-state index in [1.165, 1.54) is 22.7 Å². The third-order valence-electron chi connectivity index (χ3n) is 5.72. The molecule has 0 aliphatic rings. The van der Waals surface area contributed by atoms with Crippen molar-refractivity contribution in [3.8, 4) is 11.6 Å². The summed E-state index contributed by atoms with van der Waals surface area (Å²) in [5, 5.41) is 12.1. The first kappa shape index (κ1) is 24.3. The van der Waals surface area contributed by atoms with E-state index >= 15 is 0 Å². The smallest absolute Gasteiger partial charge is 0.265 e. The van der Waals surface area contributed by atoms with E-state index in [0.29, 0.717) is 35.2 Å². The van der Waals surface area contributed by atoms with E-state index in [0.717, 1.165) is 10.3 Å². The van der Waals surface area contributed by atoms with Crippen molar-refractivity contribution in [3.63, 3.8) is 0 Å². The Morgan fingerprint density at radius 3 is 2.37 bits per heavy atom. The lowest BCUT2D eigenvalue weighted by Gasteiger charge is -2.19. The Labute approximate surface area is 203 Å². The standard InChI is InChI=1S/C26H26N4O4S/c1-4-29(5-2)35(33,34)20-12-9-11-19(16-20)30-25(31)22-14-7-6-13-21(22)23(26(30)32)17-27-24-15-8-10-18(3)28-24/h6-17,32H,4-5H2,1-3H3/b27-17+. The van der Waals surface area contributed by atoms with Crippen LogP contribution >= 0.6 is 0 Å². The van der Waals surface area contributed by atoms with Gasteiger partial charge in [-0.2, -0.15) is 4.31 Å². The molecule has 2 aromatic carbocycles. The molecular formula is C26H26N4O4S. The number of pyridine rings is 2. The molecule has 0 unspecified atom stereocenters. The fourth-order valence-corrected chi connectivity index (χ4v) is 5.45. The summed E-state index contributed by atoms with van der Waals surface area (Å²) in [7, 11) is -3.76. The van der Waals surface area contributed by atoms with E-state index in [2.05, 4.69) is 9.98 Å². The van der Waals surface area contributed by atoms with Gasteiger partial charge in [-0.25, -0.2) is 23.0 Å². The van der Waals surface area contributed by atoms with Crippen molar-refractivity contribution in [1.82, 2.24) is 13.9 Å². The van der Waals surface area contributed by atoms with Crippen LogP contribution in [-0.2, 0) is 10.0 Å². The largest absolute Gasteiger partial charge is 0.494 e. The van der Waals surface area contributed by atoms with Gasteiger partial charge in [0.15, 0.2) is 5.82 Å². The first-order valence-electron chi connectivity index (χ1n) is 11.2. The molecule has 9 heteroatoms. The second-order valence-electron chi connectivity index (χ2n) is 7.91. The number of aliphatic imine (C=N–C) groups is 1. The SMILES string of the molecule is CCN(CC)S(=O)(=O)c1cccc(-n2c(O)c(/C=N/c3cccc(C)n3)c3ccccc3c2=O)c1. The van der Waals surface area contributed by atoms with Gasteiger partial charge in [-0.05, 0) is 43.3 Å². The van der Waals surface area contributed by atoms with Crippen molar-refractivity contribution in [2.75, 3.05) is 13.1 Å². The Balaban J connectivity index is 1.94. The molecule has 0 aliphatic carbocycles. The van der Waals surface area contributed by atoms with Gasteiger partial charge in [-0.3, -0.25) is 4.79 Å². The highest BCUT2D eigenvalue weighted by Gasteiger charge is 2.23. The third kappa shape index (κ3) is 4.60. The molecule has 2 aromatic heterocycles. The molecule has 0 bridgehead atoms. The van der Waals surface area contributed by atoms with Crippen LogP contribution in [0.5, 0.6) is 5.88 Å². The summed E-state index contributed by atoms with van der Waals surface area (Å²) < 4.78 is 28.6. The molecule has 0 saturated carbocycles. The fourth-order valence-electron chi connectivity index (χ4n) is 3.96. The molecule has 4 rings (SSSR count). The van der Waals surface area contributed by atoms with Crippen molar-refractivity contribution in [2.24, 2.45) is 4.99 Å². The predicted molar refractivity (Wildman–Crippen MR) is 138 cm³/mol. The van der Waals surface area contributed by atoms with Gasteiger partial charge >= 0.3 is 0 Å². The molecule has 0 aliphatic heterocycles. The second kappa shape index (κ2) is 9.81. The van der Waals surface area contributed by atoms with E-state index in [9.17, 15) is 18.3 Å². The van der Waals surface area contributed by atoms with Gasteiger partial charge in [-0.1, -0.05) is 44.2 Å². The van der Waals surface area contributed by atoms with Crippen LogP contribution in [-0.4, -0.2) is 46.7 Å². The lowest BCUT2D eigenvalue weighted by molar-refractivity contribution is 0.435. The molecule has 0 saturated heterocycles. The number of aromatic nitrogens is 2. The highest BCUT2D eigenvalue weighted by atomic mass is 32.2.